The highest BCUT2D eigenvalue weighted by molar-refractivity contribution is 14.0. The molecule has 132 valence electrons. The van der Waals surface area contributed by atoms with E-state index in [0.29, 0.717) is 0 Å². The molecule has 0 aromatic carbocycles. The molecular formula is C15H32IN3O2S. The van der Waals surface area contributed by atoms with Crippen molar-refractivity contribution < 1.29 is 9.47 Å². The molecule has 0 saturated carbocycles. The summed E-state index contributed by atoms with van der Waals surface area (Å²) in [4.78, 5) is 4.78. The summed E-state index contributed by atoms with van der Waals surface area (Å²) in [6.07, 6.45) is 5.35. The van der Waals surface area contributed by atoms with Gasteiger partial charge in [0.1, 0.15) is 0 Å². The molecule has 5 nitrogen and oxygen atoms in total. The summed E-state index contributed by atoms with van der Waals surface area (Å²) in [5.41, 5.74) is 0. The predicted molar refractivity (Wildman–Crippen MR) is 107 cm³/mol. The van der Waals surface area contributed by atoms with Crippen molar-refractivity contribution in [2.24, 2.45) is 4.99 Å². The Labute approximate surface area is 156 Å². The van der Waals surface area contributed by atoms with Crippen LogP contribution in [0.4, 0.5) is 0 Å². The molecule has 0 atom stereocenters. The SMILES string of the molecule is CCNC(=NCC1(SC)CCOCC1)NCCCOCC.I. The van der Waals surface area contributed by atoms with Crippen LogP contribution >= 0.6 is 35.7 Å². The van der Waals surface area contributed by atoms with Crippen molar-refractivity contribution in [1.82, 2.24) is 10.6 Å². The zero-order chi connectivity index (χ0) is 15.4. The molecule has 1 fully saturated rings. The van der Waals surface area contributed by atoms with Crippen LogP contribution in [0.2, 0.25) is 0 Å². The van der Waals surface area contributed by atoms with E-state index in [-0.39, 0.29) is 28.7 Å². The fourth-order valence-corrected chi connectivity index (χ4v) is 3.03. The Morgan fingerprint density at radius 3 is 2.59 bits per heavy atom. The Bertz CT molecular complexity index is 301. The van der Waals surface area contributed by atoms with Gasteiger partial charge in [0.25, 0.3) is 0 Å². The molecule has 0 aromatic heterocycles. The maximum Gasteiger partial charge on any atom is 0.191 e. The first kappa shape index (κ1) is 22.3. The molecule has 0 amide bonds. The van der Waals surface area contributed by atoms with Gasteiger partial charge in [0.15, 0.2) is 5.96 Å². The van der Waals surface area contributed by atoms with Crippen LogP contribution in [0.3, 0.4) is 0 Å². The summed E-state index contributed by atoms with van der Waals surface area (Å²) in [5, 5.41) is 6.69. The maximum absolute atomic E-state index is 5.48. The minimum atomic E-state index is 0. The summed E-state index contributed by atoms with van der Waals surface area (Å²) in [7, 11) is 0. The van der Waals surface area contributed by atoms with Crippen LogP contribution < -0.4 is 10.6 Å². The fraction of sp³-hybridized carbons (Fsp3) is 0.933. The van der Waals surface area contributed by atoms with E-state index in [0.717, 1.165) is 71.3 Å². The third-order valence-corrected chi connectivity index (χ3v) is 5.07. The lowest BCUT2D eigenvalue weighted by atomic mass is 9.99. The lowest BCUT2D eigenvalue weighted by Gasteiger charge is -2.34. The highest BCUT2D eigenvalue weighted by Gasteiger charge is 2.31. The first-order valence-electron chi connectivity index (χ1n) is 7.99. The highest BCUT2D eigenvalue weighted by Crippen LogP contribution is 2.33. The monoisotopic (exact) mass is 445 g/mol. The summed E-state index contributed by atoms with van der Waals surface area (Å²) in [5.74, 6) is 0.911. The van der Waals surface area contributed by atoms with Gasteiger partial charge in [-0.25, -0.2) is 0 Å². The van der Waals surface area contributed by atoms with Crippen molar-refractivity contribution in [2.75, 3.05) is 52.3 Å². The second-order valence-electron chi connectivity index (χ2n) is 5.17. The van der Waals surface area contributed by atoms with E-state index in [4.69, 9.17) is 14.5 Å². The minimum Gasteiger partial charge on any atom is -0.382 e. The van der Waals surface area contributed by atoms with Crippen molar-refractivity contribution in [2.45, 2.75) is 37.9 Å². The molecule has 0 radical (unpaired) electrons. The average molecular weight is 445 g/mol. The summed E-state index contributed by atoms with van der Waals surface area (Å²) >= 11 is 1.93. The van der Waals surface area contributed by atoms with Gasteiger partial charge in [0.2, 0.25) is 0 Å². The third kappa shape index (κ3) is 8.79. The molecule has 0 unspecified atom stereocenters. The van der Waals surface area contributed by atoms with Gasteiger partial charge in [-0.2, -0.15) is 11.8 Å². The van der Waals surface area contributed by atoms with Crippen molar-refractivity contribution in [3.05, 3.63) is 0 Å². The fourth-order valence-electron chi connectivity index (χ4n) is 2.26. The van der Waals surface area contributed by atoms with Crippen LogP contribution in [-0.4, -0.2) is 63.0 Å². The number of hydrogen-bond acceptors (Lipinski definition) is 4. The number of rotatable bonds is 9. The third-order valence-electron chi connectivity index (χ3n) is 3.67. The summed E-state index contributed by atoms with van der Waals surface area (Å²) in [6, 6.07) is 0. The van der Waals surface area contributed by atoms with Gasteiger partial charge in [-0.1, -0.05) is 0 Å². The number of thioether (sulfide) groups is 1. The van der Waals surface area contributed by atoms with E-state index in [9.17, 15) is 0 Å². The lowest BCUT2D eigenvalue weighted by Crippen LogP contribution is -2.41. The first-order valence-corrected chi connectivity index (χ1v) is 9.21. The van der Waals surface area contributed by atoms with Gasteiger partial charge in [-0.15, -0.1) is 24.0 Å². The van der Waals surface area contributed by atoms with Crippen molar-refractivity contribution >= 4 is 41.7 Å². The van der Waals surface area contributed by atoms with Gasteiger partial charge in [-0.05, 0) is 39.4 Å². The van der Waals surface area contributed by atoms with Crippen LogP contribution in [-0.2, 0) is 9.47 Å². The van der Waals surface area contributed by atoms with Gasteiger partial charge in [0, 0.05) is 44.3 Å². The lowest BCUT2D eigenvalue weighted by molar-refractivity contribution is 0.0794. The second-order valence-corrected chi connectivity index (χ2v) is 6.45. The number of ether oxygens (including phenoxy) is 2. The van der Waals surface area contributed by atoms with Gasteiger partial charge >= 0.3 is 0 Å². The van der Waals surface area contributed by atoms with Gasteiger partial charge < -0.3 is 20.1 Å². The molecule has 7 heteroatoms. The van der Waals surface area contributed by atoms with Gasteiger partial charge in [-0.3, -0.25) is 4.99 Å². The molecule has 0 aliphatic carbocycles. The van der Waals surface area contributed by atoms with E-state index in [1.807, 2.05) is 18.7 Å². The molecule has 1 saturated heterocycles. The molecule has 0 spiro atoms. The van der Waals surface area contributed by atoms with Gasteiger partial charge in [0.05, 0.1) is 6.54 Å². The predicted octanol–water partition coefficient (Wildman–Crippen LogP) is 2.50. The number of nitrogens with zero attached hydrogens (tertiary/aromatic N) is 1. The molecule has 1 aliphatic heterocycles. The highest BCUT2D eigenvalue weighted by atomic mass is 127. The molecule has 1 aliphatic rings. The number of halogens is 1. The molecule has 1 rings (SSSR count). The Morgan fingerprint density at radius 1 is 1.27 bits per heavy atom. The van der Waals surface area contributed by atoms with Crippen molar-refractivity contribution in [1.29, 1.82) is 0 Å². The van der Waals surface area contributed by atoms with E-state index < -0.39 is 0 Å². The second kappa shape index (κ2) is 13.7. The summed E-state index contributed by atoms with van der Waals surface area (Å²) in [6.45, 7) is 10.0. The largest absolute Gasteiger partial charge is 0.382 e. The van der Waals surface area contributed by atoms with Crippen LogP contribution in [0.5, 0.6) is 0 Å². The topological polar surface area (TPSA) is 54.9 Å². The standard InChI is InChI=1S/C15H31N3O2S.HI/c1-4-16-14(17-9-6-10-19-5-2)18-13-15(21-3)7-11-20-12-8-15;/h4-13H2,1-3H3,(H2,16,17,18);1H. The van der Waals surface area contributed by atoms with Crippen LogP contribution in [0.15, 0.2) is 4.99 Å². The Kier molecular flexibility index (Phi) is 13.9. The Hall–Kier alpha value is 0.270. The normalized spacial score (nSPS) is 17.7. The molecule has 0 bridgehead atoms. The van der Waals surface area contributed by atoms with Crippen molar-refractivity contribution in [3.63, 3.8) is 0 Å². The maximum atomic E-state index is 5.48. The average Bonchev–Trinajstić information content (AvgIpc) is 2.53. The first-order chi connectivity index (χ1) is 10.3. The van der Waals surface area contributed by atoms with Crippen LogP contribution in [0.25, 0.3) is 0 Å². The smallest absolute Gasteiger partial charge is 0.191 e. The molecular weight excluding hydrogens is 413 g/mol. The summed E-state index contributed by atoms with van der Waals surface area (Å²) < 4.78 is 11.1. The number of aliphatic imine (C=N–C) groups is 1. The zero-order valence-electron chi connectivity index (χ0n) is 14.2. The van der Waals surface area contributed by atoms with Crippen LogP contribution in [0.1, 0.15) is 33.1 Å². The quantitative estimate of drug-likeness (QED) is 0.247. The molecule has 22 heavy (non-hydrogen) atoms. The van der Waals surface area contributed by atoms with E-state index >= 15 is 0 Å². The Balaban J connectivity index is 0.00000441. The number of guanidine groups is 1. The minimum absolute atomic E-state index is 0. The molecule has 0 aromatic rings. The van der Waals surface area contributed by atoms with Crippen LogP contribution in [0, 0.1) is 0 Å². The van der Waals surface area contributed by atoms with Crippen molar-refractivity contribution in [3.8, 4) is 0 Å². The zero-order valence-corrected chi connectivity index (χ0v) is 17.3. The molecule has 1 heterocycles. The Morgan fingerprint density at radius 2 is 2.00 bits per heavy atom. The molecule has 2 N–H and O–H groups in total. The number of nitrogens with one attached hydrogen (secondary N) is 2. The van der Waals surface area contributed by atoms with E-state index in [1.165, 1.54) is 0 Å². The van der Waals surface area contributed by atoms with E-state index in [1.54, 1.807) is 0 Å². The number of hydrogen-bond donors (Lipinski definition) is 2. The van der Waals surface area contributed by atoms with E-state index in [2.05, 4.69) is 23.8 Å².